The van der Waals surface area contributed by atoms with Crippen LogP contribution in [-0.4, -0.2) is 29.9 Å². The molecule has 0 amide bonds. The van der Waals surface area contributed by atoms with Crippen LogP contribution in [0.5, 0.6) is 0 Å². The predicted molar refractivity (Wildman–Crippen MR) is 161 cm³/mol. The van der Waals surface area contributed by atoms with Gasteiger partial charge in [0.25, 0.3) is 0 Å². The summed E-state index contributed by atoms with van der Waals surface area (Å²) < 4.78 is 8.25. The smallest absolute Gasteiger partial charge is 0.0927 e. The molecule has 0 spiro atoms. The number of fused-ring (bicyclic) bond motifs is 20. The molecule has 204 valence electrons. The summed E-state index contributed by atoms with van der Waals surface area (Å²) in [5, 5.41) is 3.57. The summed E-state index contributed by atoms with van der Waals surface area (Å²) in [6.45, 7) is 0. The Labute approximate surface area is 256 Å². The van der Waals surface area contributed by atoms with Crippen molar-refractivity contribution in [2.45, 2.75) is 0 Å². The molecule has 0 saturated heterocycles. The molecule has 2 aliphatic rings. The maximum atomic E-state index is 8.25. The van der Waals surface area contributed by atoms with Crippen LogP contribution in [0, 0.1) is 7.43 Å². The molecule has 0 radical (unpaired) electrons. The first-order chi connectivity index (χ1) is 20.8. The van der Waals surface area contributed by atoms with Gasteiger partial charge in [0.15, 0.2) is 0 Å². The Morgan fingerprint density at radius 2 is 0.605 bits per heavy atom. The Hall–Kier alpha value is -5.25. The van der Waals surface area contributed by atoms with Crippen LogP contribution in [0.25, 0.3) is 89.7 Å². The zero-order chi connectivity index (χ0) is 28.2. The zero-order valence-electron chi connectivity index (χ0n) is 22.7. The van der Waals surface area contributed by atoms with Gasteiger partial charge in [-0.2, -0.15) is 0 Å². The Morgan fingerprint density at radius 1 is 0.372 bits per heavy atom. The fourth-order valence-electron chi connectivity index (χ4n) is 5.46. The topological polar surface area (TPSA) is 123 Å². The molecule has 5 heterocycles. The quantitative estimate of drug-likeness (QED) is 0.144. The van der Waals surface area contributed by atoms with Crippen molar-refractivity contribution in [1.29, 1.82) is 0 Å². The second-order valence-corrected chi connectivity index (χ2v) is 9.67. The second kappa shape index (κ2) is 10.5. The van der Waals surface area contributed by atoms with Crippen molar-refractivity contribution >= 4 is 44.1 Å². The number of benzene rings is 4. The number of hydrogen-bond acceptors (Lipinski definition) is 7. The van der Waals surface area contributed by atoms with Crippen LogP contribution in [0.4, 0.5) is 0 Å². The van der Waals surface area contributed by atoms with E-state index in [0.717, 1.165) is 64.2 Å². The van der Waals surface area contributed by atoms with Crippen molar-refractivity contribution in [1.82, 2.24) is 39.9 Å². The summed E-state index contributed by atoms with van der Waals surface area (Å²) in [5.41, 5.74) is 5.78. The largest absolute Gasteiger partial charge is 0.357 e. The van der Waals surface area contributed by atoms with Gasteiger partial charge in [0.05, 0.1) is 23.3 Å². The molecule has 0 atom stereocenters. The van der Waals surface area contributed by atoms with Crippen LogP contribution in [0.15, 0.2) is 97.1 Å². The van der Waals surface area contributed by atoms with E-state index in [9.17, 15) is 0 Å². The maximum Gasteiger partial charge on any atom is 0.0927 e. The van der Waals surface area contributed by atoms with Crippen molar-refractivity contribution in [3.05, 3.63) is 104 Å². The average Bonchev–Trinajstić information content (AvgIpc) is 3.78. The standard InChI is InChI=1S/C32H16N8.CH3.O.Ti/c1-2-10-18-17(9-1)25-33-26(18)38-28-21-13-5-6-14-22(21)30(35-28)40-32-24-16-8-7-15-23(24)31(36-32)39-29-20-12-4-3-11-19(20)27(34-29)37-25;;;/h1-16H;1H3;;/q-2;-1;;. The molecule has 0 unspecified atom stereocenters. The van der Waals surface area contributed by atoms with E-state index in [-0.39, 0.29) is 7.43 Å². The molecule has 0 fully saturated rings. The molecule has 4 aromatic carbocycles. The van der Waals surface area contributed by atoms with E-state index in [1.807, 2.05) is 97.1 Å². The predicted octanol–water partition coefficient (Wildman–Crippen LogP) is 6.46. The van der Waals surface area contributed by atoms with Crippen molar-refractivity contribution in [2.24, 2.45) is 0 Å². The number of nitrogens with zero attached hydrogens (tertiary/aromatic N) is 8. The molecule has 0 aliphatic carbocycles. The van der Waals surface area contributed by atoms with Crippen LogP contribution in [-0.2, 0) is 23.7 Å². The summed E-state index contributed by atoms with van der Waals surface area (Å²) in [5.74, 6) is 2.21. The third-order valence-electron chi connectivity index (χ3n) is 7.33. The van der Waals surface area contributed by atoms with E-state index in [0.29, 0.717) is 45.9 Å². The fourth-order valence-corrected chi connectivity index (χ4v) is 5.46. The van der Waals surface area contributed by atoms with E-state index in [2.05, 4.69) is 0 Å². The first-order valence-electron chi connectivity index (χ1n) is 13.1. The second-order valence-electron chi connectivity index (χ2n) is 9.67. The van der Waals surface area contributed by atoms with Gasteiger partial charge in [-0.3, -0.25) is 0 Å². The minimum atomic E-state index is 0. The molecule has 2 aliphatic heterocycles. The van der Waals surface area contributed by atoms with Crippen LogP contribution in [0.1, 0.15) is 0 Å². The van der Waals surface area contributed by atoms with Gasteiger partial charge >= 0.3 is 23.7 Å². The Kier molecular flexibility index (Phi) is 6.53. The van der Waals surface area contributed by atoms with Gasteiger partial charge < -0.3 is 37.3 Å². The average molecular weight is 591 g/mol. The summed E-state index contributed by atoms with van der Waals surface area (Å²) in [4.78, 5) is 39.3. The molecule has 3 aromatic heterocycles. The summed E-state index contributed by atoms with van der Waals surface area (Å²) in [6.07, 6.45) is 0. The number of rotatable bonds is 0. The van der Waals surface area contributed by atoms with E-state index in [1.54, 1.807) is 0 Å². The van der Waals surface area contributed by atoms with Gasteiger partial charge in [-0.05, 0) is 21.5 Å². The van der Waals surface area contributed by atoms with Gasteiger partial charge in [0.2, 0.25) is 0 Å². The normalized spacial score (nSPS) is 11.2. The first kappa shape index (κ1) is 26.6. The molecule has 7 aromatic rings. The molecule has 0 N–H and O–H groups in total. The third kappa shape index (κ3) is 4.20. The van der Waals surface area contributed by atoms with Gasteiger partial charge in [-0.1, -0.05) is 97.1 Å². The molecule has 8 bridgehead atoms. The Morgan fingerprint density at radius 3 is 0.860 bits per heavy atom. The molecular formula is C33H19N8OTi-3. The molecule has 9 nitrogen and oxygen atoms in total. The summed E-state index contributed by atoms with van der Waals surface area (Å²) in [7, 11) is 0. The van der Waals surface area contributed by atoms with Crippen LogP contribution >= 0.6 is 0 Å². The van der Waals surface area contributed by atoms with Crippen molar-refractivity contribution in [2.75, 3.05) is 0 Å². The van der Waals surface area contributed by atoms with Crippen molar-refractivity contribution < 1.29 is 23.7 Å². The monoisotopic (exact) mass is 591 g/mol. The van der Waals surface area contributed by atoms with Crippen LogP contribution in [0.2, 0.25) is 0 Å². The molecule has 0 saturated carbocycles. The number of aromatic nitrogens is 8. The number of hydrogen-bond donors (Lipinski definition) is 0. The molecule has 9 rings (SSSR count). The van der Waals surface area contributed by atoms with Gasteiger partial charge in [-0.15, -0.1) is 0 Å². The Balaban J connectivity index is 0.000000981. The van der Waals surface area contributed by atoms with E-state index < -0.39 is 0 Å². The van der Waals surface area contributed by atoms with Crippen molar-refractivity contribution in [3.8, 4) is 45.6 Å². The van der Waals surface area contributed by atoms with E-state index in [4.69, 9.17) is 43.2 Å². The first-order valence-corrected chi connectivity index (χ1v) is 13.7. The minimum Gasteiger partial charge on any atom is -0.357 e. The van der Waals surface area contributed by atoms with Crippen molar-refractivity contribution in [3.63, 3.8) is 0 Å². The summed E-state index contributed by atoms with van der Waals surface area (Å²) in [6, 6.07) is 31.8. The Bertz CT molecular complexity index is 2060. The van der Waals surface area contributed by atoms with Gasteiger partial charge in [0.1, 0.15) is 0 Å². The minimum absolute atomic E-state index is 0. The van der Waals surface area contributed by atoms with Crippen LogP contribution < -0.4 is 9.97 Å². The third-order valence-corrected chi connectivity index (χ3v) is 7.33. The molecule has 43 heavy (non-hydrogen) atoms. The zero-order valence-corrected chi connectivity index (χ0v) is 24.3. The maximum absolute atomic E-state index is 8.25. The van der Waals surface area contributed by atoms with Crippen LogP contribution in [0.3, 0.4) is 0 Å². The molecular weight excluding hydrogens is 572 g/mol. The van der Waals surface area contributed by atoms with Gasteiger partial charge in [0, 0.05) is 44.8 Å². The summed E-state index contributed by atoms with van der Waals surface area (Å²) >= 11 is 0.750. The fraction of sp³-hybridized carbons (Fsp3) is 0. The van der Waals surface area contributed by atoms with Gasteiger partial charge in [-0.25, -0.2) is 9.97 Å². The van der Waals surface area contributed by atoms with E-state index in [1.165, 1.54) is 0 Å². The molecule has 10 heteroatoms. The van der Waals surface area contributed by atoms with E-state index >= 15 is 0 Å². The SMILES string of the molecule is [CH3-].[O]=[Ti].c1ccc2c(c1)-c1nc-2nc2[n-]c(nc3nc(nc4[n-]c(n1)c1ccccc41)-c1ccccc1-3)c1ccccc21.